The largest absolute Gasteiger partial charge is 0.531 e. The summed E-state index contributed by atoms with van der Waals surface area (Å²) in [6.45, 7) is 0. The highest BCUT2D eigenvalue weighted by Crippen LogP contribution is 2.08. The Kier molecular flexibility index (Phi) is 3.68. The van der Waals surface area contributed by atoms with E-state index in [-0.39, 0.29) is 5.75 Å². The van der Waals surface area contributed by atoms with Crippen LogP contribution in [0.25, 0.3) is 0 Å². The lowest BCUT2D eigenvalue weighted by molar-refractivity contribution is 0.465. The highest BCUT2D eigenvalue weighted by atomic mass is 35.5. The highest BCUT2D eigenvalue weighted by Gasteiger charge is 2.24. The van der Waals surface area contributed by atoms with Crippen molar-refractivity contribution in [3.63, 3.8) is 0 Å². The molecule has 1 aromatic carbocycles. The monoisotopic (exact) mass is 206 g/mol. The molecule has 0 amide bonds. The van der Waals surface area contributed by atoms with Gasteiger partial charge in [-0.2, -0.15) is 0 Å². The van der Waals surface area contributed by atoms with Gasteiger partial charge in [0.15, 0.2) is 0 Å². The second kappa shape index (κ2) is 4.57. The van der Waals surface area contributed by atoms with E-state index in [0.717, 1.165) is 0 Å². The van der Waals surface area contributed by atoms with Crippen molar-refractivity contribution >= 4 is 36.3 Å². The lowest BCUT2D eigenvalue weighted by atomic mass is 9.79. The molecule has 0 atom stereocenters. The Hall–Kier alpha value is -0.415. The van der Waals surface area contributed by atoms with Gasteiger partial charge in [0.1, 0.15) is 5.75 Å². The van der Waals surface area contributed by atoms with Crippen LogP contribution in [0, 0.1) is 0 Å². The van der Waals surface area contributed by atoms with Crippen molar-refractivity contribution < 1.29 is 13.5 Å². The van der Waals surface area contributed by atoms with Gasteiger partial charge in [-0.1, -0.05) is 18.2 Å². The van der Waals surface area contributed by atoms with Crippen molar-refractivity contribution in [1.29, 1.82) is 0 Å². The van der Waals surface area contributed by atoms with Crippen LogP contribution >= 0.6 is 23.7 Å². The average Bonchev–Trinajstić information content (AvgIpc) is 2.10. The summed E-state index contributed by atoms with van der Waals surface area (Å²) < 4.78 is 8.65. The standard InChI is InChI=1S/C6H5BCl2O3/c8-11-7(12-9)5-3-1-2-4-6(5)10/h1-4,10H. The molecular weight excluding hydrogens is 202 g/mol. The van der Waals surface area contributed by atoms with Crippen molar-refractivity contribution in [3.8, 4) is 5.75 Å². The van der Waals surface area contributed by atoms with Gasteiger partial charge in [0, 0.05) is 29.2 Å². The van der Waals surface area contributed by atoms with Gasteiger partial charge in [0.2, 0.25) is 0 Å². The molecule has 1 rings (SSSR count). The summed E-state index contributed by atoms with van der Waals surface area (Å²) in [7, 11) is -0.963. The fourth-order valence-electron chi connectivity index (χ4n) is 0.797. The number of rotatable bonds is 3. The van der Waals surface area contributed by atoms with E-state index in [1.165, 1.54) is 6.07 Å². The van der Waals surface area contributed by atoms with E-state index in [1.54, 1.807) is 18.2 Å². The first kappa shape index (κ1) is 9.67. The number of phenolic OH excluding ortho intramolecular Hbond substituents is 1. The summed E-state index contributed by atoms with van der Waals surface area (Å²) >= 11 is 10.1. The zero-order valence-electron chi connectivity index (χ0n) is 5.91. The van der Waals surface area contributed by atoms with Gasteiger partial charge in [-0.3, -0.25) is 0 Å². The number of hydrogen-bond acceptors (Lipinski definition) is 3. The lowest BCUT2D eigenvalue weighted by Gasteiger charge is -2.05. The van der Waals surface area contributed by atoms with Gasteiger partial charge >= 0.3 is 7.12 Å². The Morgan fingerprint density at radius 2 is 1.75 bits per heavy atom. The Bertz CT molecular complexity index is 254. The fourth-order valence-corrected chi connectivity index (χ4v) is 1.10. The molecule has 3 nitrogen and oxygen atoms in total. The molecule has 0 saturated heterocycles. The molecule has 0 aliphatic heterocycles. The summed E-state index contributed by atoms with van der Waals surface area (Å²) in [5.41, 5.74) is 0.377. The number of para-hydroxylation sites is 1. The van der Waals surface area contributed by atoms with E-state index in [9.17, 15) is 5.11 Å². The van der Waals surface area contributed by atoms with Crippen LogP contribution in [0.2, 0.25) is 0 Å². The third-order valence-electron chi connectivity index (χ3n) is 1.35. The quantitative estimate of drug-likeness (QED) is 0.761. The predicted molar refractivity (Wildman–Crippen MR) is 47.4 cm³/mol. The van der Waals surface area contributed by atoms with Gasteiger partial charge in [-0.05, 0) is 6.07 Å². The van der Waals surface area contributed by atoms with E-state index in [0.29, 0.717) is 5.46 Å². The first-order valence-electron chi connectivity index (χ1n) is 3.12. The molecule has 0 bridgehead atoms. The van der Waals surface area contributed by atoms with E-state index in [1.807, 2.05) is 0 Å². The molecule has 1 N–H and O–H groups in total. The van der Waals surface area contributed by atoms with Crippen LogP contribution in [0.15, 0.2) is 24.3 Å². The van der Waals surface area contributed by atoms with Crippen LogP contribution in [0.3, 0.4) is 0 Å². The smallest absolute Gasteiger partial charge is 0.508 e. The summed E-state index contributed by atoms with van der Waals surface area (Å²) in [6, 6.07) is 6.44. The molecule has 0 radical (unpaired) electrons. The van der Waals surface area contributed by atoms with Crippen LogP contribution in [-0.4, -0.2) is 12.2 Å². The van der Waals surface area contributed by atoms with E-state index >= 15 is 0 Å². The minimum atomic E-state index is -0.963. The minimum Gasteiger partial charge on any atom is -0.508 e. The minimum absolute atomic E-state index is 0.0174. The second-order valence-corrected chi connectivity index (χ2v) is 2.43. The SMILES string of the molecule is Oc1ccccc1B(OCl)OCl. The Morgan fingerprint density at radius 3 is 2.25 bits per heavy atom. The van der Waals surface area contributed by atoms with Gasteiger partial charge in [0.25, 0.3) is 0 Å². The molecule has 0 unspecified atom stereocenters. The number of benzene rings is 1. The molecule has 64 valence electrons. The van der Waals surface area contributed by atoms with Crippen LogP contribution in [-0.2, 0) is 8.41 Å². The third-order valence-corrected chi connectivity index (χ3v) is 1.68. The number of halogens is 2. The summed E-state index contributed by atoms with van der Waals surface area (Å²) in [6.07, 6.45) is 0. The van der Waals surface area contributed by atoms with Crippen molar-refractivity contribution in [2.45, 2.75) is 0 Å². The number of phenols is 1. The molecule has 0 aliphatic carbocycles. The normalized spacial score (nSPS) is 9.83. The molecule has 0 fully saturated rings. The lowest BCUT2D eigenvalue weighted by Crippen LogP contribution is -2.31. The van der Waals surface area contributed by atoms with Gasteiger partial charge in [0.05, 0.1) is 0 Å². The molecule has 1 aromatic rings. The zero-order chi connectivity index (χ0) is 8.97. The molecule has 0 heterocycles. The first-order valence-corrected chi connectivity index (χ1v) is 3.74. The topological polar surface area (TPSA) is 38.7 Å². The molecule has 6 heteroatoms. The molecular formula is C6H5BCl2O3. The van der Waals surface area contributed by atoms with E-state index in [2.05, 4.69) is 8.41 Å². The maximum Gasteiger partial charge on any atom is 0.531 e. The molecule has 0 aliphatic rings. The molecule has 12 heavy (non-hydrogen) atoms. The van der Waals surface area contributed by atoms with Crippen LogP contribution in [0.4, 0.5) is 0 Å². The Morgan fingerprint density at radius 1 is 1.17 bits per heavy atom. The summed E-state index contributed by atoms with van der Waals surface area (Å²) in [4.78, 5) is 0. The summed E-state index contributed by atoms with van der Waals surface area (Å²) in [5, 5.41) is 9.27. The molecule has 0 aromatic heterocycles. The number of hydrogen-bond donors (Lipinski definition) is 1. The third kappa shape index (κ3) is 2.05. The van der Waals surface area contributed by atoms with Gasteiger partial charge < -0.3 is 13.5 Å². The first-order chi connectivity index (χ1) is 5.79. The Labute approximate surface area is 80.3 Å². The molecule has 0 spiro atoms. The van der Waals surface area contributed by atoms with Crippen molar-refractivity contribution in [1.82, 2.24) is 0 Å². The zero-order valence-corrected chi connectivity index (χ0v) is 7.42. The van der Waals surface area contributed by atoms with Gasteiger partial charge in [-0.15, -0.1) is 0 Å². The van der Waals surface area contributed by atoms with Crippen molar-refractivity contribution in [3.05, 3.63) is 24.3 Å². The maximum absolute atomic E-state index is 9.27. The van der Waals surface area contributed by atoms with Crippen molar-refractivity contribution in [2.75, 3.05) is 0 Å². The maximum atomic E-state index is 9.27. The highest BCUT2D eigenvalue weighted by molar-refractivity contribution is 6.68. The fraction of sp³-hybridized carbons (Fsp3) is 0. The average molecular weight is 207 g/mol. The summed E-state index contributed by atoms with van der Waals surface area (Å²) in [5.74, 6) is 0.0174. The van der Waals surface area contributed by atoms with Crippen LogP contribution in [0.5, 0.6) is 5.75 Å². The van der Waals surface area contributed by atoms with E-state index < -0.39 is 7.12 Å². The molecule has 0 saturated carbocycles. The Balaban J connectivity index is 2.92. The second-order valence-electron chi connectivity index (χ2n) is 2.07. The van der Waals surface area contributed by atoms with Crippen LogP contribution in [0.1, 0.15) is 0 Å². The van der Waals surface area contributed by atoms with Crippen molar-refractivity contribution in [2.24, 2.45) is 0 Å². The van der Waals surface area contributed by atoms with Crippen LogP contribution < -0.4 is 5.46 Å². The van der Waals surface area contributed by atoms with Gasteiger partial charge in [-0.25, -0.2) is 0 Å². The predicted octanol–water partition coefficient (Wildman–Crippen LogP) is 1.43. The number of aromatic hydroxyl groups is 1. The van der Waals surface area contributed by atoms with E-state index in [4.69, 9.17) is 23.7 Å².